The van der Waals surface area contributed by atoms with Crippen molar-refractivity contribution in [3.8, 4) is 28.7 Å². The summed E-state index contributed by atoms with van der Waals surface area (Å²) >= 11 is 0. The Kier molecular flexibility index (Phi) is 7.86. The Balaban J connectivity index is 1.80. The molecule has 0 aliphatic carbocycles. The van der Waals surface area contributed by atoms with Crippen molar-refractivity contribution in [2.24, 2.45) is 5.92 Å². The monoisotopic (exact) mass is 473 g/mol. The Labute approximate surface area is 195 Å². The van der Waals surface area contributed by atoms with E-state index in [4.69, 9.17) is 13.4 Å². The predicted octanol–water partition coefficient (Wildman–Crippen LogP) is 4.53. The average Bonchev–Trinajstić information content (AvgIpc) is 3.22. The molecule has 33 heavy (non-hydrogen) atoms. The van der Waals surface area contributed by atoms with Crippen molar-refractivity contribution in [1.29, 1.82) is 0 Å². The second-order valence-electron chi connectivity index (χ2n) is 8.53. The lowest BCUT2D eigenvalue weighted by Crippen LogP contribution is -2.12. The van der Waals surface area contributed by atoms with E-state index in [2.05, 4.69) is 35.9 Å². The van der Waals surface area contributed by atoms with Crippen LogP contribution in [-0.2, 0) is 27.1 Å². The molecular formula is C24H31N3O5S. The first-order valence-electron chi connectivity index (χ1n) is 11.0. The zero-order valence-electron chi connectivity index (χ0n) is 20.0. The van der Waals surface area contributed by atoms with E-state index in [1.54, 1.807) is 0 Å². The summed E-state index contributed by atoms with van der Waals surface area (Å²) in [7, 11) is -3.49. The van der Waals surface area contributed by atoms with Gasteiger partial charge in [-0.3, -0.25) is 9.17 Å². The van der Waals surface area contributed by atoms with E-state index >= 15 is 0 Å². The first-order chi connectivity index (χ1) is 15.6. The molecule has 178 valence electrons. The summed E-state index contributed by atoms with van der Waals surface area (Å²) in [5, 5.41) is 4.16. The Morgan fingerprint density at radius 2 is 1.82 bits per heavy atom. The van der Waals surface area contributed by atoms with Gasteiger partial charge in [0, 0.05) is 11.8 Å². The molecule has 2 heterocycles. The van der Waals surface area contributed by atoms with Crippen molar-refractivity contribution in [1.82, 2.24) is 15.1 Å². The van der Waals surface area contributed by atoms with E-state index in [-0.39, 0.29) is 13.2 Å². The minimum Gasteiger partial charge on any atom is -0.491 e. The fraction of sp³-hybridized carbons (Fsp3) is 0.458. The first kappa shape index (κ1) is 24.9. The molecule has 0 saturated heterocycles. The summed E-state index contributed by atoms with van der Waals surface area (Å²) in [5.74, 6) is 2.11. The molecule has 0 fully saturated rings. The number of pyridine rings is 1. The molecule has 0 N–H and O–H groups in total. The van der Waals surface area contributed by atoms with E-state index in [1.165, 1.54) is 5.56 Å². The second-order valence-corrected chi connectivity index (χ2v) is 10.2. The summed E-state index contributed by atoms with van der Waals surface area (Å²) in [6.45, 7) is 10.5. The van der Waals surface area contributed by atoms with Gasteiger partial charge in [0.2, 0.25) is 5.82 Å². The minimum absolute atomic E-state index is 0.0419. The molecule has 0 saturated carbocycles. The van der Waals surface area contributed by atoms with E-state index in [0.717, 1.165) is 41.4 Å². The van der Waals surface area contributed by atoms with Gasteiger partial charge < -0.3 is 9.26 Å². The van der Waals surface area contributed by atoms with Crippen molar-refractivity contribution in [3.05, 3.63) is 46.6 Å². The molecule has 0 aliphatic heterocycles. The number of rotatable bonds is 10. The zero-order chi connectivity index (χ0) is 24.2. The summed E-state index contributed by atoms with van der Waals surface area (Å²) < 4.78 is 38.3. The van der Waals surface area contributed by atoms with Gasteiger partial charge in [-0.05, 0) is 73.1 Å². The smallest absolute Gasteiger partial charge is 0.276 e. The van der Waals surface area contributed by atoms with Gasteiger partial charge in [-0.2, -0.15) is 13.4 Å². The van der Waals surface area contributed by atoms with Crippen LogP contribution in [0.3, 0.4) is 0 Å². The van der Waals surface area contributed by atoms with Crippen LogP contribution in [0.1, 0.15) is 43.0 Å². The number of aromatic nitrogens is 3. The first-order valence-corrected chi connectivity index (χ1v) is 12.8. The predicted molar refractivity (Wildman–Crippen MR) is 127 cm³/mol. The summed E-state index contributed by atoms with van der Waals surface area (Å²) in [5.41, 5.74) is 5.68. The Hall–Kier alpha value is -2.78. The summed E-state index contributed by atoms with van der Waals surface area (Å²) in [6.07, 6.45) is 4.59. The lowest BCUT2D eigenvalue weighted by molar-refractivity contribution is 0.220. The van der Waals surface area contributed by atoms with Crippen molar-refractivity contribution >= 4 is 10.1 Å². The van der Waals surface area contributed by atoms with Gasteiger partial charge >= 0.3 is 0 Å². The highest BCUT2D eigenvalue weighted by Crippen LogP contribution is 2.31. The second kappa shape index (κ2) is 10.4. The van der Waals surface area contributed by atoms with Crippen LogP contribution < -0.4 is 4.74 Å². The maximum Gasteiger partial charge on any atom is 0.276 e. The Morgan fingerprint density at radius 3 is 2.45 bits per heavy atom. The van der Waals surface area contributed by atoms with Gasteiger partial charge in [-0.15, -0.1) is 0 Å². The lowest BCUT2D eigenvalue weighted by Gasteiger charge is -2.14. The van der Waals surface area contributed by atoms with Crippen LogP contribution >= 0.6 is 0 Å². The summed E-state index contributed by atoms with van der Waals surface area (Å²) in [6, 6.07) is 5.86. The highest BCUT2D eigenvalue weighted by Gasteiger charge is 2.17. The molecule has 0 amide bonds. The molecule has 0 aliphatic rings. The highest BCUT2D eigenvalue weighted by molar-refractivity contribution is 7.85. The Morgan fingerprint density at radius 1 is 1.06 bits per heavy atom. The molecular weight excluding hydrogens is 442 g/mol. The van der Waals surface area contributed by atoms with Crippen LogP contribution in [0, 0.1) is 19.8 Å². The van der Waals surface area contributed by atoms with Crippen molar-refractivity contribution in [2.75, 3.05) is 19.5 Å². The van der Waals surface area contributed by atoms with Gasteiger partial charge in [-0.25, -0.2) is 0 Å². The van der Waals surface area contributed by atoms with Gasteiger partial charge in [0.1, 0.15) is 24.7 Å². The number of aryl methyl sites for hydroxylation is 3. The molecule has 0 radical (unpaired) electrons. The number of nitrogens with zero attached hydrogens (tertiary/aromatic N) is 3. The molecule has 0 spiro atoms. The van der Waals surface area contributed by atoms with Crippen LogP contribution in [0.2, 0.25) is 0 Å². The number of ether oxygens (including phenoxy) is 1. The van der Waals surface area contributed by atoms with E-state index in [9.17, 15) is 8.42 Å². The molecule has 0 unspecified atom stereocenters. The summed E-state index contributed by atoms with van der Waals surface area (Å²) in [4.78, 5) is 9.09. The van der Waals surface area contributed by atoms with Crippen LogP contribution in [0.4, 0.5) is 0 Å². The number of hydrogen-bond acceptors (Lipinski definition) is 8. The van der Waals surface area contributed by atoms with Crippen LogP contribution in [0.5, 0.6) is 5.75 Å². The van der Waals surface area contributed by atoms with Crippen LogP contribution in [0.25, 0.3) is 23.0 Å². The molecule has 9 heteroatoms. The molecule has 2 aromatic heterocycles. The highest BCUT2D eigenvalue weighted by atomic mass is 32.2. The van der Waals surface area contributed by atoms with Crippen molar-refractivity contribution in [2.45, 2.75) is 47.5 Å². The molecule has 0 bridgehead atoms. The molecule has 8 nitrogen and oxygen atoms in total. The number of benzene rings is 1. The van der Waals surface area contributed by atoms with Gasteiger partial charge in [0.15, 0.2) is 0 Å². The fourth-order valence-electron chi connectivity index (χ4n) is 3.57. The topological polar surface area (TPSA) is 104 Å². The molecule has 1 aromatic carbocycles. The van der Waals surface area contributed by atoms with E-state index < -0.39 is 10.1 Å². The Bertz CT molecular complexity index is 1220. The number of hydrogen-bond donors (Lipinski definition) is 0. The third-order valence-electron chi connectivity index (χ3n) is 5.11. The molecule has 3 rings (SSSR count). The maximum atomic E-state index is 11.1. The standard InChI is InChI=1S/C24H31N3O5S/c1-7-18-13-19(11-17(5)22(18)30-8-9-31-33(6,28)29)23-26-24(32-27-23)21-12-16(4)20(14-25-21)10-15(2)3/h11-15H,7-10H2,1-6H3. The largest absolute Gasteiger partial charge is 0.491 e. The van der Waals surface area contributed by atoms with Gasteiger partial charge in [-0.1, -0.05) is 25.9 Å². The molecule has 0 atom stereocenters. The zero-order valence-corrected chi connectivity index (χ0v) is 20.8. The lowest BCUT2D eigenvalue weighted by atomic mass is 10.0. The third-order valence-corrected chi connectivity index (χ3v) is 5.71. The van der Waals surface area contributed by atoms with Crippen LogP contribution in [0.15, 0.2) is 28.9 Å². The van der Waals surface area contributed by atoms with Gasteiger partial charge in [0.25, 0.3) is 16.0 Å². The van der Waals surface area contributed by atoms with E-state index in [1.807, 2.05) is 38.2 Å². The van der Waals surface area contributed by atoms with Gasteiger partial charge in [0.05, 0.1) is 6.26 Å². The van der Waals surface area contributed by atoms with Crippen molar-refractivity contribution < 1.29 is 21.9 Å². The third kappa shape index (κ3) is 6.61. The molecule has 3 aromatic rings. The van der Waals surface area contributed by atoms with E-state index in [0.29, 0.717) is 29.1 Å². The maximum absolute atomic E-state index is 11.1. The average molecular weight is 474 g/mol. The minimum atomic E-state index is -3.49. The normalized spacial score (nSPS) is 11.8. The van der Waals surface area contributed by atoms with Crippen LogP contribution in [-0.4, -0.2) is 43.0 Å². The SMILES string of the molecule is CCc1cc(-c2noc(-c3cc(C)c(CC(C)C)cn3)n2)cc(C)c1OCCOS(C)(=O)=O. The van der Waals surface area contributed by atoms with Crippen molar-refractivity contribution in [3.63, 3.8) is 0 Å². The fourth-order valence-corrected chi connectivity index (χ4v) is 3.94. The quantitative estimate of drug-likeness (QED) is 0.312.